The third kappa shape index (κ3) is 3.55. The van der Waals surface area contributed by atoms with E-state index in [0.717, 1.165) is 37.4 Å². The molecule has 2 aliphatic heterocycles. The summed E-state index contributed by atoms with van der Waals surface area (Å²) in [6.07, 6.45) is 3.51. The Balaban J connectivity index is 1.54. The summed E-state index contributed by atoms with van der Waals surface area (Å²) in [5, 5.41) is 0.904. The predicted octanol–water partition coefficient (Wildman–Crippen LogP) is 3.18. The van der Waals surface area contributed by atoms with Crippen LogP contribution >= 0.6 is 35.0 Å². The molecular weight excluding hydrogens is 419 g/mol. The number of aromatic nitrogens is 2. The monoisotopic (exact) mass is 440 g/mol. The third-order valence-corrected chi connectivity index (χ3v) is 7.76. The van der Waals surface area contributed by atoms with Gasteiger partial charge in [-0.15, -0.1) is 0 Å². The molecule has 0 amide bonds. The Kier molecular flexibility index (Phi) is 5.64. The summed E-state index contributed by atoms with van der Waals surface area (Å²) in [5.41, 5.74) is 6.22. The van der Waals surface area contributed by atoms with Gasteiger partial charge >= 0.3 is 0 Å². The van der Waals surface area contributed by atoms with Crippen LogP contribution in [0.4, 0.5) is 5.95 Å². The summed E-state index contributed by atoms with van der Waals surface area (Å²) < 4.78 is 7.19. The zero-order chi connectivity index (χ0) is 19.9. The summed E-state index contributed by atoms with van der Waals surface area (Å²) in [4.78, 5) is 20.9. The van der Waals surface area contributed by atoms with Gasteiger partial charge in [-0.25, -0.2) is 4.98 Å². The molecule has 0 saturated carbocycles. The van der Waals surface area contributed by atoms with Gasteiger partial charge < -0.3 is 15.4 Å². The SMILES string of the molecule is Cn1c(N2CCC3(CC2)COC[C@H]3N)ncc(Sc2cccc(Cl)c2Cl)c1=O. The number of halogens is 2. The third-order valence-electron chi connectivity index (χ3n) is 5.76. The number of nitrogens with two attached hydrogens (primary N) is 1. The Morgan fingerprint density at radius 1 is 1.29 bits per heavy atom. The number of ether oxygens (including phenoxy) is 1. The largest absolute Gasteiger partial charge is 0.379 e. The van der Waals surface area contributed by atoms with Gasteiger partial charge in [-0.1, -0.05) is 41.0 Å². The highest BCUT2D eigenvalue weighted by Gasteiger charge is 2.44. The fraction of sp³-hybridized carbons (Fsp3) is 0.474. The average molecular weight is 441 g/mol. The van der Waals surface area contributed by atoms with Crippen LogP contribution < -0.4 is 16.2 Å². The van der Waals surface area contributed by atoms with Gasteiger partial charge in [0.05, 0.1) is 34.4 Å². The van der Waals surface area contributed by atoms with Crippen LogP contribution in [0.1, 0.15) is 12.8 Å². The molecule has 2 aromatic rings. The number of hydrogen-bond donors (Lipinski definition) is 1. The summed E-state index contributed by atoms with van der Waals surface area (Å²) >= 11 is 13.6. The lowest BCUT2D eigenvalue weighted by Crippen LogP contribution is -2.50. The van der Waals surface area contributed by atoms with Crippen molar-refractivity contribution in [2.75, 3.05) is 31.2 Å². The van der Waals surface area contributed by atoms with Gasteiger partial charge in [0, 0.05) is 36.5 Å². The lowest BCUT2D eigenvalue weighted by atomic mass is 9.75. The predicted molar refractivity (Wildman–Crippen MR) is 113 cm³/mol. The molecule has 0 aliphatic carbocycles. The van der Waals surface area contributed by atoms with E-state index >= 15 is 0 Å². The maximum absolute atomic E-state index is 12.9. The molecule has 150 valence electrons. The van der Waals surface area contributed by atoms with Gasteiger partial charge in [0.15, 0.2) is 0 Å². The van der Waals surface area contributed by atoms with Gasteiger partial charge in [0.2, 0.25) is 5.95 Å². The van der Waals surface area contributed by atoms with Crippen molar-refractivity contribution in [1.82, 2.24) is 9.55 Å². The van der Waals surface area contributed by atoms with Gasteiger partial charge in [0.25, 0.3) is 5.56 Å². The van der Waals surface area contributed by atoms with Crippen molar-refractivity contribution in [2.24, 2.45) is 18.2 Å². The van der Waals surface area contributed by atoms with Crippen molar-refractivity contribution >= 4 is 40.9 Å². The molecule has 28 heavy (non-hydrogen) atoms. The van der Waals surface area contributed by atoms with Crippen LogP contribution in [0.3, 0.4) is 0 Å². The normalized spacial score (nSPS) is 21.4. The minimum atomic E-state index is -0.104. The fourth-order valence-corrected chi connectivity index (χ4v) is 5.28. The van der Waals surface area contributed by atoms with E-state index in [0.29, 0.717) is 27.5 Å². The number of nitrogens with zero attached hydrogens (tertiary/aromatic N) is 3. The second-order valence-electron chi connectivity index (χ2n) is 7.41. The lowest BCUT2D eigenvalue weighted by molar-refractivity contribution is 0.131. The standard InChI is InChI=1S/C19H22Cl2N4O2S/c1-24-17(26)14(28-13-4-2-3-12(20)16(13)21)9-23-18(24)25-7-5-19(6-8-25)11-27-10-15(19)22/h2-4,9,15H,5-8,10-11,22H2,1H3/t15-/m1/s1. The average Bonchev–Trinajstić information content (AvgIpc) is 3.04. The molecule has 1 aromatic heterocycles. The first kappa shape index (κ1) is 20.0. The Morgan fingerprint density at radius 3 is 2.71 bits per heavy atom. The van der Waals surface area contributed by atoms with Gasteiger partial charge in [0.1, 0.15) is 0 Å². The molecule has 0 unspecified atom stereocenters. The molecule has 0 radical (unpaired) electrons. The number of benzene rings is 1. The maximum atomic E-state index is 12.9. The molecule has 2 fully saturated rings. The molecule has 2 N–H and O–H groups in total. The van der Waals surface area contributed by atoms with E-state index in [1.165, 1.54) is 11.8 Å². The number of rotatable bonds is 3. The van der Waals surface area contributed by atoms with Crippen LogP contribution in [0.25, 0.3) is 0 Å². The lowest BCUT2D eigenvalue weighted by Gasteiger charge is -2.41. The number of hydrogen-bond acceptors (Lipinski definition) is 6. The van der Waals surface area contributed by atoms with E-state index in [4.69, 9.17) is 33.7 Å². The number of piperidine rings is 1. The summed E-state index contributed by atoms with van der Waals surface area (Å²) in [6, 6.07) is 5.46. The topological polar surface area (TPSA) is 73.4 Å². The van der Waals surface area contributed by atoms with Crippen LogP contribution in [0.2, 0.25) is 10.0 Å². The molecule has 1 atom stereocenters. The summed E-state index contributed by atoms with van der Waals surface area (Å²) in [5.74, 6) is 0.675. The van der Waals surface area contributed by atoms with Crippen LogP contribution in [-0.2, 0) is 11.8 Å². The highest BCUT2D eigenvalue weighted by molar-refractivity contribution is 7.99. The van der Waals surface area contributed by atoms with E-state index in [2.05, 4.69) is 9.88 Å². The van der Waals surface area contributed by atoms with Gasteiger partial charge in [-0.3, -0.25) is 9.36 Å². The molecule has 1 aromatic carbocycles. The molecule has 2 aliphatic rings. The smallest absolute Gasteiger partial charge is 0.268 e. The van der Waals surface area contributed by atoms with Crippen molar-refractivity contribution in [3.8, 4) is 0 Å². The van der Waals surface area contributed by atoms with E-state index in [1.54, 1.807) is 23.9 Å². The van der Waals surface area contributed by atoms with Crippen molar-refractivity contribution in [1.29, 1.82) is 0 Å². The molecule has 1 spiro atoms. The maximum Gasteiger partial charge on any atom is 0.268 e. The zero-order valence-electron chi connectivity index (χ0n) is 15.5. The first-order valence-corrected chi connectivity index (χ1v) is 10.7. The van der Waals surface area contributed by atoms with E-state index in [9.17, 15) is 4.79 Å². The van der Waals surface area contributed by atoms with E-state index in [1.807, 2.05) is 12.1 Å². The van der Waals surface area contributed by atoms with Crippen LogP contribution in [-0.4, -0.2) is 41.9 Å². The molecular formula is C19H22Cl2N4O2S. The number of anilines is 1. The second-order valence-corrected chi connectivity index (χ2v) is 9.28. The Labute approximate surface area is 178 Å². The second kappa shape index (κ2) is 7.88. The zero-order valence-corrected chi connectivity index (χ0v) is 17.9. The first-order chi connectivity index (χ1) is 13.4. The molecule has 0 bridgehead atoms. The Hall–Kier alpha value is -1.25. The Morgan fingerprint density at radius 2 is 2.04 bits per heavy atom. The fourth-order valence-electron chi connectivity index (χ4n) is 3.90. The Bertz CT molecular complexity index is 944. The van der Waals surface area contributed by atoms with Crippen molar-refractivity contribution < 1.29 is 4.74 Å². The van der Waals surface area contributed by atoms with Gasteiger partial charge in [-0.2, -0.15) is 0 Å². The molecule has 9 heteroatoms. The summed E-state index contributed by atoms with van der Waals surface area (Å²) in [7, 11) is 1.75. The van der Waals surface area contributed by atoms with E-state index < -0.39 is 0 Å². The van der Waals surface area contributed by atoms with Crippen molar-refractivity contribution in [3.05, 3.63) is 44.8 Å². The minimum absolute atomic E-state index is 0.0640. The molecule has 3 heterocycles. The van der Waals surface area contributed by atoms with Gasteiger partial charge in [-0.05, 0) is 25.0 Å². The molecule has 4 rings (SSSR count). The quantitative estimate of drug-likeness (QED) is 0.789. The molecule has 6 nitrogen and oxygen atoms in total. The van der Waals surface area contributed by atoms with Crippen molar-refractivity contribution in [3.63, 3.8) is 0 Å². The highest BCUT2D eigenvalue weighted by Crippen LogP contribution is 2.39. The van der Waals surface area contributed by atoms with Crippen LogP contribution in [0, 0.1) is 5.41 Å². The van der Waals surface area contributed by atoms with Crippen LogP contribution in [0.5, 0.6) is 0 Å². The molecule has 2 saturated heterocycles. The first-order valence-electron chi connectivity index (χ1n) is 9.17. The van der Waals surface area contributed by atoms with Crippen LogP contribution in [0.15, 0.2) is 39.0 Å². The van der Waals surface area contributed by atoms with E-state index in [-0.39, 0.29) is 17.0 Å². The van der Waals surface area contributed by atoms with Crippen molar-refractivity contribution in [2.45, 2.75) is 28.7 Å². The minimum Gasteiger partial charge on any atom is -0.379 e. The summed E-state index contributed by atoms with van der Waals surface area (Å²) in [6.45, 7) is 2.98. The highest BCUT2D eigenvalue weighted by atomic mass is 35.5.